The molecule has 0 atom stereocenters. The number of halogens is 1. The zero-order valence-corrected chi connectivity index (χ0v) is 18.4. The van der Waals surface area contributed by atoms with Crippen molar-refractivity contribution in [2.75, 3.05) is 20.3 Å². The fraction of sp³-hybridized carbons (Fsp3) is 0.174. The van der Waals surface area contributed by atoms with Crippen LogP contribution in [0.5, 0.6) is 5.75 Å². The van der Waals surface area contributed by atoms with Gasteiger partial charge in [-0.1, -0.05) is 33.2 Å². The fourth-order valence-corrected chi connectivity index (χ4v) is 3.28. The van der Waals surface area contributed by atoms with Gasteiger partial charge in [-0.2, -0.15) is 4.98 Å². The Morgan fingerprint density at radius 2 is 1.84 bits per heavy atom. The molecule has 158 valence electrons. The first-order valence-electron chi connectivity index (χ1n) is 9.63. The van der Waals surface area contributed by atoms with E-state index in [1.165, 1.54) is 6.07 Å². The quantitative estimate of drug-likeness (QED) is 0.347. The minimum absolute atomic E-state index is 0.119. The molecule has 8 heteroatoms. The monoisotopic (exact) mass is 481 g/mol. The van der Waals surface area contributed by atoms with Gasteiger partial charge in [-0.15, -0.1) is 0 Å². The second-order valence-corrected chi connectivity index (χ2v) is 7.72. The van der Waals surface area contributed by atoms with Crippen LogP contribution in [0.25, 0.3) is 22.8 Å². The molecule has 0 saturated heterocycles. The van der Waals surface area contributed by atoms with Gasteiger partial charge in [0.05, 0.1) is 13.2 Å². The van der Waals surface area contributed by atoms with E-state index in [9.17, 15) is 4.79 Å². The minimum atomic E-state index is -0.119. The van der Waals surface area contributed by atoms with E-state index in [2.05, 4.69) is 26.1 Å². The van der Waals surface area contributed by atoms with Crippen molar-refractivity contribution >= 4 is 15.9 Å². The molecule has 0 saturated carbocycles. The molecule has 0 aliphatic rings. The van der Waals surface area contributed by atoms with Crippen molar-refractivity contribution in [3.63, 3.8) is 0 Å². The normalized spacial score (nSPS) is 10.9. The van der Waals surface area contributed by atoms with E-state index in [1.807, 2.05) is 48.5 Å². The molecule has 2 aromatic carbocycles. The molecule has 0 aliphatic heterocycles. The summed E-state index contributed by atoms with van der Waals surface area (Å²) in [5.41, 5.74) is 2.34. The second-order valence-electron chi connectivity index (χ2n) is 6.80. The Bertz CT molecular complexity index is 1220. The molecule has 0 spiro atoms. The summed E-state index contributed by atoms with van der Waals surface area (Å²) in [7, 11) is 1.63. The largest absolute Gasteiger partial charge is 0.491 e. The van der Waals surface area contributed by atoms with E-state index in [4.69, 9.17) is 14.0 Å². The van der Waals surface area contributed by atoms with Gasteiger partial charge in [-0.3, -0.25) is 4.79 Å². The van der Waals surface area contributed by atoms with Crippen molar-refractivity contribution in [1.29, 1.82) is 0 Å². The Morgan fingerprint density at radius 3 is 2.65 bits per heavy atom. The molecule has 2 aromatic heterocycles. The van der Waals surface area contributed by atoms with Crippen LogP contribution in [0.3, 0.4) is 0 Å². The number of ether oxygens (including phenoxy) is 2. The van der Waals surface area contributed by atoms with Gasteiger partial charge in [-0.25, -0.2) is 0 Å². The summed E-state index contributed by atoms with van der Waals surface area (Å²) < 4.78 is 18.6. The van der Waals surface area contributed by atoms with E-state index in [1.54, 1.807) is 23.9 Å². The molecule has 31 heavy (non-hydrogen) atoms. The van der Waals surface area contributed by atoms with Gasteiger partial charge >= 0.3 is 0 Å². The van der Waals surface area contributed by atoms with Crippen molar-refractivity contribution in [2.24, 2.45) is 0 Å². The third-order valence-electron chi connectivity index (χ3n) is 4.57. The first-order valence-corrected chi connectivity index (χ1v) is 10.4. The van der Waals surface area contributed by atoms with Crippen LogP contribution in [0.2, 0.25) is 0 Å². The Morgan fingerprint density at radius 1 is 1.03 bits per heavy atom. The Labute approximate surface area is 187 Å². The minimum Gasteiger partial charge on any atom is -0.491 e. The number of nitrogens with zero attached hydrogens (tertiary/aromatic N) is 3. The highest BCUT2D eigenvalue weighted by molar-refractivity contribution is 9.10. The molecular formula is C23H20BrN3O4. The SMILES string of the molecule is COCCOc1cccc(Cn2cc(-c3noc(-c4ccc(Br)cc4)n3)ccc2=O)c1. The summed E-state index contributed by atoms with van der Waals surface area (Å²) in [6.45, 7) is 1.37. The summed E-state index contributed by atoms with van der Waals surface area (Å²) in [4.78, 5) is 16.9. The maximum Gasteiger partial charge on any atom is 0.258 e. The summed E-state index contributed by atoms with van der Waals surface area (Å²) in [6.07, 6.45) is 1.73. The number of rotatable bonds is 8. The average molecular weight is 482 g/mol. The molecular weight excluding hydrogens is 462 g/mol. The Kier molecular flexibility index (Phi) is 6.59. The van der Waals surface area contributed by atoms with Gasteiger partial charge in [-0.05, 0) is 48.0 Å². The maximum atomic E-state index is 12.4. The molecule has 7 nitrogen and oxygen atoms in total. The average Bonchev–Trinajstić information content (AvgIpc) is 3.27. The number of methoxy groups -OCH3 is 1. The number of hydrogen-bond acceptors (Lipinski definition) is 6. The van der Waals surface area contributed by atoms with Crippen LogP contribution in [0.1, 0.15) is 5.56 Å². The zero-order chi connectivity index (χ0) is 21.6. The summed E-state index contributed by atoms with van der Waals surface area (Å²) >= 11 is 3.41. The molecule has 4 rings (SSSR count). The van der Waals surface area contributed by atoms with E-state index in [-0.39, 0.29) is 5.56 Å². The molecule has 2 heterocycles. The van der Waals surface area contributed by atoms with Crippen LogP contribution >= 0.6 is 15.9 Å². The number of hydrogen-bond donors (Lipinski definition) is 0. The molecule has 0 radical (unpaired) electrons. The first kappa shape index (κ1) is 21.0. The van der Waals surface area contributed by atoms with E-state index < -0.39 is 0 Å². The van der Waals surface area contributed by atoms with Crippen molar-refractivity contribution < 1.29 is 14.0 Å². The highest BCUT2D eigenvalue weighted by atomic mass is 79.9. The molecule has 0 fully saturated rings. The third kappa shape index (κ3) is 5.28. The Hall–Kier alpha value is -3.23. The van der Waals surface area contributed by atoms with Gasteiger partial charge in [0.25, 0.3) is 11.4 Å². The van der Waals surface area contributed by atoms with Gasteiger partial charge in [0.15, 0.2) is 0 Å². The van der Waals surface area contributed by atoms with Crippen molar-refractivity contribution in [2.45, 2.75) is 6.54 Å². The van der Waals surface area contributed by atoms with Crippen LogP contribution in [-0.2, 0) is 11.3 Å². The lowest BCUT2D eigenvalue weighted by Gasteiger charge is -2.10. The zero-order valence-electron chi connectivity index (χ0n) is 16.8. The highest BCUT2D eigenvalue weighted by Crippen LogP contribution is 2.23. The lowest BCUT2D eigenvalue weighted by molar-refractivity contribution is 0.146. The molecule has 0 bridgehead atoms. The predicted octanol–water partition coefficient (Wildman–Crippen LogP) is 4.40. The third-order valence-corrected chi connectivity index (χ3v) is 5.10. The number of benzene rings is 2. The van der Waals surface area contributed by atoms with Gasteiger partial charge in [0, 0.05) is 35.0 Å². The van der Waals surface area contributed by atoms with Crippen LogP contribution in [0.15, 0.2) is 80.7 Å². The topological polar surface area (TPSA) is 79.4 Å². The number of aromatic nitrogens is 3. The maximum absolute atomic E-state index is 12.4. The van der Waals surface area contributed by atoms with E-state index in [0.717, 1.165) is 21.3 Å². The molecule has 0 aliphatic carbocycles. The van der Waals surface area contributed by atoms with Crippen molar-refractivity contribution in [3.05, 3.63) is 87.3 Å². The Balaban J connectivity index is 1.55. The summed E-state index contributed by atoms with van der Waals surface area (Å²) in [5.74, 6) is 1.57. The van der Waals surface area contributed by atoms with Gasteiger partial charge < -0.3 is 18.6 Å². The van der Waals surface area contributed by atoms with Crippen molar-refractivity contribution in [3.8, 4) is 28.6 Å². The van der Waals surface area contributed by atoms with Gasteiger partial charge in [0.1, 0.15) is 12.4 Å². The smallest absolute Gasteiger partial charge is 0.258 e. The molecule has 0 N–H and O–H groups in total. The highest BCUT2D eigenvalue weighted by Gasteiger charge is 2.12. The lowest BCUT2D eigenvalue weighted by Crippen LogP contribution is -2.19. The van der Waals surface area contributed by atoms with Crippen LogP contribution in [-0.4, -0.2) is 35.0 Å². The first-order chi connectivity index (χ1) is 15.1. The fourth-order valence-electron chi connectivity index (χ4n) is 3.01. The molecule has 4 aromatic rings. The van der Waals surface area contributed by atoms with Gasteiger partial charge in [0.2, 0.25) is 5.82 Å². The molecule has 0 amide bonds. The van der Waals surface area contributed by atoms with Crippen molar-refractivity contribution in [1.82, 2.24) is 14.7 Å². The van der Waals surface area contributed by atoms with E-state index in [0.29, 0.717) is 37.0 Å². The summed E-state index contributed by atoms with van der Waals surface area (Å²) in [5, 5.41) is 4.07. The number of pyridine rings is 1. The van der Waals surface area contributed by atoms with Crippen LogP contribution < -0.4 is 10.3 Å². The standard InChI is InChI=1S/C23H20BrN3O4/c1-29-11-12-30-20-4-2-3-16(13-20)14-27-15-18(7-10-21(27)28)22-25-23(31-26-22)17-5-8-19(24)9-6-17/h2-10,13,15H,11-12,14H2,1H3. The predicted molar refractivity (Wildman–Crippen MR) is 120 cm³/mol. The second kappa shape index (κ2) is 9.72. The summed E-state index contributed by atoms with van der Waals surface area (Å²) in [6, 6.07) is 18.4. The lowest BCUT2D eigenvalue weighted by atomic mass is 10.2. The van der Waals surface area contributed by atoms with Crippen LogP contribution in [0, 0.1) is 0 Å². The van der Waals surface area contributed by atoms with Crippen LogP contribution in [0.4, 0.5) is 0 Å². The van der Waals surface area contributed by atoms with E-state index >= 15 is 0 Å². The molecule has 0 unspecified atom stereocenters.